The fourth-order valence-corrected chi connectivity index (χ4v) is 2.21. The molecule has 2 rings (SSSR count). The molecule has 0 saturated carbocycles. The minimum atomic E-state index is -0.126. The maximum atomic E-state index is 11.8. The molecule has 0 bridgehead atoms. The third-order valence-electron chi connectivity index (χ3n) is 2.62. The number of benzene rings is 1. The fraction of sp³-hybridized carbons (Fsp3) is 0.308. The Morgan fingerprint density at radius 2 is 2.24 bits per heavy atom. The van der Waals surface area contributed by atoms with Crippen LogP contribution in [0.5, 0.6) is 5.75 Å². The Morgan fingerprint density at radius 3 is 2.95 bits per heavy atom. The topological polar surface area (TPSA) is 103 Å². The number of hydrogen-bond donors (Lipinski definition) is 2. The summed E-state index contributed by atoms with van der Waals surface area (Å²) < 4.78 is 10.4. The first-order valence-electron chi connectivity index (χ1n) is 6.26. The molecular formula is C13H16N4O3S. The van der Waals surface area contributed by atoms with Crippen LogP contribution in [0.25, 0.3) is 0 Å². The number of para-hydroxylation sites is 1. The van der Waals surface area contributed by atoms with Crippen molar-refractivity contribution in [2.24, 2.45) is 5.73 Å². The van der Waals surface area contributed by atoms with Gasteiger partial charge in [0.15, 0.2) is 0 Å². The average molecular weight is 308 g/mol. The molecule has 0 aliphatic heterocycles. The summed E-state index contributed by atoms with van der Waals surface area (Å²) in [5.41, 5.74) is 6.28. The molecule has 7 nitrogen and oxygen atoms in total. The molecule has 0 spiro atoms. The van der Waals surface area contributed by atoms with Crippen molar-refractivity contribution in [3.8, 4) is 5.75 Å². The van der Waals surface area contributed by atoms with Crippen LogP contribution in [0.2, 0.25) is 0 Å². The molecule has 1 heterocycles. The molecule has 0 atom stereocenters. The maximum absolute atomic E-state index is 11.8. The van der Waals surface area contributed by atoms with Gasteiger partial charge < -0.3 is 20.2 Å². The van der Waals surface area contributed by atoms with Gasteiger partial charge in [0.2, 0.25) is 11.8 Å². The van der Waals surface area contributed by atoms with Crippen molar-refractivity contribution in [3.05, 3.63) is 35.7 Å². The van der Waals surface area contributed by atoms with E-state index in [2.05, 4.69) is 15.5 Å². The molecule has 0 aliphatic rings. The van der Waals surface area contributed by atoms with Crippen LogP contribution < -0.4 is 15.8 Å². The lowest BCUT2D eigenvalue weighted by atomic mass is 10.2. The van der Waals surface area contributed by atoms with Crippen LogP contribution in [0.15, 0.2) is 33.9 Å². The van der Waals surface area contributed by atoms with Crippen LogP contribution in [0.3, 0.4) is 0 Å². The van der Waals surface area contributed by atoms with Crippen molar-refractivity contribution in [3.63, 3.8) is 0 Å². The van der Waals surface area contributed by atoms with Crippen molar-refractivity contribution >= 4 is 17.7 Å². The molecule has 0 radical (unpaired) electrons. The van der Waals surface area contributed by atoms with E-state index in [1.807, 2.05) is 24.3 Å². The van der Waals surface area contributed by atoms with Crippen LogP contribution in [-0.2, 0) is 17.9 Å². The number of thioether (sulfide) groups is 1. The Balaban J connectivity index is 1.79. The smallest absolute Gasteiger partial charge is 0.277 e. The molecule has 3 N–H and O–H groups in total. The van der Waals surface area contributed by atoms with E-state index in [-0.39, 0.29) is 18.2 Å². The van der Waals surface area contributed by atoms with Gasteiger partial charge in [0.1, 0.15) is 5.75 Å². The number of aromatic nitrogens is 2. The number of carbonyl (C=O) groups excluding carboxylic acids is 1. The van der Waals surface area contributed by atoms with Gasteiger partial charge in [-0.15, -0.1) is 10.2 Å². The minimum Gasteiger partial charge on any atom is -0.496 e. The Hall–Kier alpha value is -2.06. The number of nitrogens with zero attached hydrogens (tertiary/aromatic N) is 2. The Kier molecular flexibility index (Phi) is 5.59. The highest BCUT2D eigenvalue weighted by molar-refractivity contribution is 7.99. The summed E-state index contributed by atoms with van der Waals surface area (Å²) in [5, 5.41) is 10.6. The molecule has 0 aliphatic carbocycles. The summed E-state index contributed by atoms with van der Waals surface area (Å²) >= 11 is 1.17. The van der Waals surface area contributed by atoms with E-state index in [9.17, 15) is 4.79 Å². The summed E-state index contributed by atoms with van der Waals surface area (Å²) in [6.45, 7) is 0.592. The first kappa shape index (κ1) is 15.3. The van der Waals surface area contributed by atoms with Crippen LogP contribution in [0.4, 0.5) is 0 Å². The van der Waals surface area contributed by atoms with Gasteiger partial charge in [-0.1, -0.05) is 30.0 Å². The molecular weight excluding hydrogens is 292 g/mol. The largest absolute Gasteiger partial charge is 0.496 e. The molecule has 21 heavy (non-hydrogen) atoms. The quantitative estimate of drug-likeness (QED) is 0.734. The second-order valence-electron chi connectivity index (χ2n) is 4.04. The second kappa shape index (κ2) is 7.65. The van der Waals surface area contributed by atoms with Gasteiger partial charge in [-0.2, -0.15) is 0 Å². The molecule has 1 aromatic carbocycles. The summed E-state index contributed by atoms with van der Waals surface area (Å²) in [6.07, 6.45) is 0. The molecule has 112 valence electrons. The lowest BCUT2D eigenvalue weighted by Gasteiger charge is -2.08. The SMILES string of the molecule is COc1ccccc1CNC(=O)CSc1nnc(CN)o1. The maximum Gasteiger partial charge on any atom is 0.277 e. The van der Waals surface area contributed by atoms with E-state index in [0.717, 1.165) is 11.3 Å². The third kappa shape index (κ3) is 4.47. The van der Waals surface area contributed by atoms with Gasteiger partial charge >= 0.3 is 0 Å². The lowest BCUT2D eigenvalue weighted by molar-refractivity contribution is -0.118. The van der Waals surface area contributed by atoms with E-state index >= 15 is 0 Å². The van der Waals surface area contributed by atoms with Crippen molar-refractivity contribution in [2.75, 3.05) is 12.9 Å². The van der Waals surface area contributed by atoms with E-state index in [0.29, 0.717) is 17.7 Å². The van der Waals surface area contributed by atoms with E-state index in [1.54, 1.807) is 7.11 Å². The molecule has 0 unspecified atom stereocenters. The van der Waals surface area contributed by atoms with Gasteiger partial charge in [0.25, 0.3) is 5.22 Å². The van der Waals surface area contributed by atoms with E-state index < -0.39 is 0 Å². The van der Waals surface area contributed by atoms with Crippen molar-refractivity contribution in [1.29, 1.82) is 0 Å². The zero-order valence-electron chi connectivity index (χ0n) is 11.5. The average Bonchev–Trinajstić information content (AvgIpc) is 2.99. The van der Waals surface area contributed by atoms with Crippen molar-refractivity contribution in [2.45, 2.75) is 18.3 Å². The van der Waals surface area contributed by atoms with Crippen LogP contribution >= 0.6 is 11.8 Å². The monoisotopic (exact) mass is 308 g/mol. The standard InChI is InChI=1S/C13H16N4O3S/c1-19-10-5-3-2-4-9(10)7-15-11(18)8-21-13-17-16-12(6-14)20-13/h2-5H,6-8,14H2,1H3,(H,15,18). The summed E-state index contributed by atoms with van der Waals surface area (Å²) in [6, 6.07) is 7.52. The molecule has 0 fully saturated rings. The van der Waals surface area contributed by atoms with Crippen molar-refractivity contribution < 1.29 is 13.9 Å². The Bertz CT molecular complexity index is 603. The second-order valence-corrected chi connectivity index (χ2v) is 4.97. The normalized spacial score (nSPS) is 10.4. The molecule has 2 aromatic rings. The lowest BCUT2D eigenvalue weighted by Crippen LogP contribution is -2.24. The highest BCUT2D eigenvalue weighted by atomic mass is 32.2. The van der Waals surface area contributed by atoms with Gasteiger partial charge in [-0.05, 0) is 6.07 Å². The van der Waals surface area contributed by atoms with E-state index in [1.165, 1.54) is 11.8 Å². The molecule has 1 amide bonds. The predicted octanol–water partition coefficient (Wildman–Crippen LogP) is 0.945. The summed E-state index contributed by atoms with van der Waals surface area (Å²) in [5.74, 6) is 1.17. The van der Waals surface area contributed by atoms with Crippen LogP contribution in [-0.4, -0.2) is 29.0 Å². The van der Waals surface area contributed by atoms with Crippen LogP contribution in [0, 0.1) is 0 Å². The zero-order chi connectivity index (χ0) is 15.1. The number of amides is 1. The highest BCUT2D eigenvalue weighted by Crippen LogP contribution is 2.18. The number of methoxy groups -OCH3 is 1. The van der Waals surface area contributed by atoms with Gasteiger partial charge in [0, 0.05) is 12.1 Å². The summed E-state index contributed by atoms with van der Waals surface area (Å²) in [4.78, 5) is 11.8. The third-order valence-corrected chi connectivity index (χ3v) is 3.44. The highest BCUT2D eigenvalue weighted by Gasteiger charge is 2.09. The summed E-state index contributed by atoms with van der Waals surface area (Å²) in [7, 11) is 1.60. The zero-order valence-corrected chi connectivity index (χ0v) is 12.4. The number of carbonyl (C=O) groups is 1. The Labute approximate surface area is 126 Å². The molecule has 8 heteroatoms. The Morgan fingerprint density at radius 1 is 1.43 bits per heavy atom. The van der Waals surface area contributed by atoms with Crippen molar-refractivity contribution in [1.82, 2.24) is 15.5 Å². The number of nitrogens with two attached hydrogens (primary N) is 1. The van der Waals surface area contributed by atoms with Gasteiger partial charge in [0.05, 0.1) is 19.4 Å². The first-order valence-corrected chi connectivity index (χ1v) is 7.25. The number of nitrogens with one attached hydrogen (secondary N) is 1. The molecule has 1 aromatic heterocycles. The van der Waals surface area contributed by atoms with Gasteiger partial charge in [-0.3, -0.25) is 4.79 Å². The van der Waals surface area contributed by atoms with E-state index in [4.69, 9.17) is 14.9 Å². The molecule has 0 saturated heterocycles. The number of hydrogen-bond acceptors (Lipinski definition) is 7. The fourth-order valence-electron chi connectivity index (χ4n) is 1.60. The number of ether oxygens (including phenoxy) is 1. The van der Waals surface area contributed by atoms with Gasteiger partial charge in [-0.25, -0.2) is 0 Å². The number of rotatable bonds is 7. The predicted molar refractivity (Wildman–Crippen MR) is 77.8 cm³/mol. The first-order chi connectivity index (χ1) is 10.2. The van der Waals surface area contributed by atoms with Crippen LogP contribution in [0.1, 0.15) is 11.5 Å². The minimum absolute atomic E-state index is 0.126.